The molecule has 0 aliphatic carbocycles. The van der Waals surface area contributed by atoms with E-state index >= 15 is 0 Å². The van der Waals surface area contributed by atoms with Crippen molar-refractivity contribution in [3.05, 3.63) is 53.1 Å². The third-order valence-corrected chi connectivity index (χ3v) is 3.69. The normalized spacial score (nSPS) is 12.6. The first-order chi connectivity index (χ1) is 10.2. The van der Waals surface area contributed by atoms with Crippen molar-refractivity contribution in [3.8, 4) is 0 Å². The smallest absolute Gasteiger partial charge is 0.123 e. The van der Waals surface area contributed by atoms with Gasteiger partial charge in [0.25, 0.3) is 0 Å². The molecular formula is C17H24FN3. The molecule has 3 nitrogen and oxygen atoms in total. The largest absolute Gasteiger partial charge is 0.310 e. The highest BCUT2D eigenvalue weighted by molar-refractivity contribution is 5.23. The van der Waals surface area contributed by atoms with Gasteiger partial charge in [-0.05, 0) is 43.7 Å². The number of aryl methyl sites for hydroxylation is 2. The van der Waals surface area contributed by atoms with Gasteiger partial charge in [-0.2, -0.15) is 5.10 Å². The number of benzene rings is 1. The average Bonchev–Trinajstić information content (AvgIpc) is 2.89. The van der Waals surface area contributed by atoms with Crippen LogP contribution in [0.1, 0.15) is 43.8 Å². The van der Waals surface area contributed by atoms with Crippen LogP contribution in [0.15, 0.2) is 30.3 Å². The fourth-order valence-corrected chi connectivity index (χ4v) is 2.61. The van der Waals surface area contributed by atoms with Crippen LogP contribution in [0.3, 0.4) is 0 Å². The van der Waals surface area contributed by atoms with Crippen LogP contribution in [0.5, 0.6) is 0 Å². The molecule has 0 fully saturated rings. The van der Waals surface area contributed by atoms with Crippen LogP contribution < -0.4 is 5.32 Å². The second-order valence-corrected chi connectivity index (χ2v) is 5.17. The number of rotatable bonds is 7. The van der Waals surface area contributed by atoms with Gasteiger partial charge < -0.3 is 5.32 Å². The number of hydrogen-bond donors (Lipinski definition) is 1. The topological polar surface area (TPSA) is 29.9 Å². The van der Waals surface area contributed by atoms with Gasteiger partial charge in [-0.1, -0.05) is 26.0 Å². The Kier molecular flexibility index (Phi) is 5.51. The van der Waals surface area contributed by atoms with Crippen molar-refractivity contribution in [2.45, 2.75) is 46.2 Å². The lowest BCUT2D eigenvalue weighted by Crippen LogP contribution is -2.24. The van der Waals surface area contributed by atoms with Gasteiger partial charge in [-0.15, -0.1) is 0 Å². The van der Waals surface area contributed by atoms with Crippen LogP contribution in [0.25, 0.3) is 0 Å². The van der Waals surface area contributed by atoms with Crippen LogP contribution in [0.2, 0.25) is 0 Å². The standard InChI is InChI=1S/C17H24FN3/c1-4-15-11-16(21(6-3)20-15)12-17(19-5-2)13-8-7-9-14(18)10-13/h7-11,17,19H,4-6,12H2,1-3H3. The molecule has 4 heteroatoms. The number of nitrogens with zero attached hydrogens (tertiary/aromatic N) is 2. The Balaban J connectivity index is 2.25. The van der Waals surface area contributed by atoms with E-state index in [1.807, 2.05) is 10.7 Å². The highest BCUT2D eigenvalue weighted by atomic mass is 19.1. The minimum Gasteiger partial charge on any atom is -0.310 e. The summed E-state index contributed by atoms with van der Waals surface area (Å²) >= 11 is 0. The monoisotopic (exact) mass is 289 g/mol. The van der Waals surface area contributed by atoms with Crippen LogP contribution in [0, 0.1) is 5.82 Å². The molecule has 0 saturated heterocycles. The van der Waals surface area contributed by atoms with Crippen LogP contribution in [-0.4, -0.2) is 16.3 Å². The van der Waals surface area contributed by atoms with Gasteiger partial charge in [0.15, 0.2) is 0 Å². The SMILES string of the molecule is CCNC(Cc1cc(CC)nn1CC)c1cccc(F)c1. The molecule has 1 aromatic heterocycles. The van der Waals surface area contributed by atoms with Crippen molar-refractivity contribution < 1.29 is 4.39 Å². The fourth-order valence-electron chi connectivity index (χ4n) is 2.61. The second-order valence-electron chi connectivity index (χ2n) is 5.17. The summed E-state index contributed by atoms with van der Waals surface area (Å²) in [5.41, 5.74) is 3.30. The molecule has 114 valence electrons. The average molecular weight is 289 g/mol. The van der Waals surface area contributed by atoms with Gasteiger partial charge in [0.1, 0.15) is 5.82 Å². The predicted octanol–water partition coefficient (Wildman–Crippen LogP) is 3.50. The van der Waals surface area contributed by atoms with Gasteiger partial charge in [0.05, 0.1) is 5.69 Å². The Labute approximate surface area is 126 Å². The van der Waals surface area contributed by atoms with Gasteiger partial charge in [-0.25, -0.2) is 4.39 Å². The lowest BCUT2D eigenvalue weighted by molar-refractivity contribution is 0.512. The lowest BCUT2D eigenvalue weighted by Gasteiger charge is -2.19. The van der Waals surface area contributed by atoms with Crippen molar-refractivity contribution in [2.24, 2.45) is 0 Å². The van der Waals surface area contributed by atoms with E-state index in [1.54, 1.807) is 12.1 Å². The fraction of sp³-hybridized carbons (Fsp3) is 0.471. The van der Waals surface area contributed by atoms with Crippen molar-refractivity contribution in [1.82, 2.24) is 15.1 Å². The maximum Gasteiger partial charge on any atom is 0.123 e. The molecule has 0 amide bonds. The molecule has 0 aliphatic heterocycles. The molecule has 0 radical (unpaired) electrons. The number of likely N-dealkylation sites (N-methyl/N-ethyl adjacent to an activating group) is 1. The molecule has 1 N–H and O–H groups in total. The summed E-state index contributed by atoms with van der Waals surface area (Å²) in [6.45, 7) is 7.99. The molecule has 0 spiro atoms. The summed E-state index contributed by atoms with van der Waals surface area (Å²) in [6.07, 6.45) is 1.75. The van der Waals surface area contributed by atoms with E-state index in [0.717, 1.165) is 37.2 Å². The molecule has 2 rings (SSSR count). The summed E-state index contributed by atoms with van der Waals surface area (Å²) in [4.78, 5) is 0. The maximum atomic E-state index is 13.5. The molecule has 1 unspecified atom stereocenters. The van der Waals surface area contributed by atoms with E-state index < -0.39 is 0 Å². The number of aromatic nitrogens is 2. The molecule has 21 heavy (non-hydrogen) atoms. The first kappa shape index (κ1) is 15.7. The molecule has 0 bridgehead atoms. The van der Waals surface area contributed by atoms with Gasteiger partial charge >= 0.3 is 0 Å². The van der Waals surface area contributed by atoms with Crippen LogP contribution in [0.4, 0.5) is 4.39 Å². The van der Waals surface area contributed by atoms with E-state index in [1.165, 1.54) is 11.8 Å². The zero-order valence-corrected chi connectivity index (χ0v) is 13.1. The predicted molar refractivity (Wildman–Crippen MR) is 83.8 cm³/mol. The molecule has 1 aromatic carbocycles. The number of nitrogens with one attached hydrogen (secondary N) is 1. The quantitative estimate of drug-likeness (QED) is 0.845. The van der Waals surface area contributed by atoms with E-state index in [0.29, 0.717) is 0 Å². The van der Waals surface area contributed by atoms with Crippen molar-refractivity contribution in [1.29, 1.82) is 0 Å². The summed E-state index contributed by atoms with van der Waals surface area (Å²) in [6, 6.07) is 9.11. The Morgan fingerprint density at radius 3 is 2.67 bits per heavy atom. The minimum atomic E-state index is -0.186. The molecule has 0 aliphatic rings. The first-order valence-electron chi connectivity index (χ1n) is 7.72. The van der Waals surface area contributed by atoms with Crippen LogP contribution in [-0.2, 0) is 19.4 Å². The van der Waals surface area contributed by atoms with E-state index in [9.17, 15) is 4.39 Å². The number of hydrogen-bond acceptors (Lipinski definition) is 2. The highest BCUT2D eigenvalue weighted by Gasteiger charge is 2.15. The lowest BCUT2D eigenvalue weighted by atomic mass is 10.0. The van der Waals surface area contributed by atoms with Crippen molar-refractivity contribution in [2.75, 3.05) is 6.54 Å². The third kappa shape index (κ3) is 3.91. The Morgan fingerprint density at radius 2 is 2.05 bits per heavy atom. The first-order valence-corrected chi connectivity index (χ1v) is 7.72. The molecule has 1 atom stereocenters. The van der Waals surface area contributed by atoms with E-state index in [4.69, 9.17) is 0 Å². The molecule has 2 aromatic rings. The van der Waals surface area contributed by atoms with Gasteiger partial charge in [0.2, 0.25) is 0 Å². The third-order valence-electron chi connectivity index (χ3n) is 3.69. The summed E-state index contributed by atoms with van der Waals surface area (Å²) in [5.74, 6) is -0.186. The number of halogens is 1. The summed E-state index contributed by atoms with van der Waals surface area (Å²) < 4.78 is 15.5. The minimum absolute atomic E-state index is 0.109. The van der Waals surface area contributed by atoms with Gasteiger partial charge in [-0.3, -0.25) is 4.68 Å². The Morgan fingerprint density at radius 1 is 1.24 bits per heavy atom. The molecule has 0 saturated carbocycles. The summed E-state index contributed by atoms with van der Waals surface area (Å²) in [5, 5.41) is 8.03. The van der Waals surface area contributed by atoms with Gasteiger partial charge in [0, 0.05) is 24.7 Å². The zero-order chi connectivity index (χ0) is 15.2. The second kappa shape index (κ2) is 7.36. The van der Waals surface area contributed by atoms with E-state index in [-0.39, 0.29) is 11.9 Å². The summed E-state index contributed by atoms with van der Waals surface area (Å²) in [7, 11) is 0. The molecule has 1 heterocycles. The Bertz CT molecular complexity index is 577. The van der Waals surface area contributed by atoms with Crippen LogP contribution >= 0.6 is 0 Å². The van der Waals surface area contributed by atoms with Crippen molar-refractivity contribution in [3.63, 3.8) is 0 Å². The zero-order valence-electron chi connectivity index (χ0n) is 13.1. The highest BCUT2D eigenvalue weighted by Crippen LogP contribution is 2.20. The Hall–Kier alpha value is -1.68. The van der Waals surface area contributed by atoms with E-state index in [2.05, 4.69) is 37.3 Å². The van der Waals surface area contributed by atoms with Crippen molar-refractivity contribution >= 4 is 0 Å². The molecular weight excluding hydrogens is 265 g/mol. The maximum absolute atomic E-state index is 13.5.